The highest BCUT2D eigenvalue weighted by Crippen LogP contribution is 2.22. The van der Waals surface area contributed by atoms with Crippen LogP contribution in [0.4, 0.5) is 0 Å². The zero-order valence-electron chi connectivity index (χ0n) is 10.6. The summed E-state index contributed by atoms with van der Waals surface area (Å²) in [7, 11) is -2.48. The van der Waals surface area contributed by atoms with Crippen molar-refractivity contribution in [2.45, 2.75) is 17.9 Å². The average Bonchev–Trinajstić information content (AvgIpc) is 2.37. The van der Waals surface area contributed by atoms with E-state index in [1.807, 2.05) is 0 Å². The van der Waals surface area contributed by atoms with Crippen molar-refractivity contribution in [3.05, 3.63) is 23.8 Å². The zero-order chi connectivity index (χ0) is 14.6. The molecule has 8 heteroatoms. The molecule has 7 nitrogen and oxygen atoms in total. The number of hydrogen-bond donors (Lipinski definition) is 3. The number of primary amides is 1. The van der Waals surface area contributed by atoms with Crippen LogP contribution in [-0.4, -0.2) is 39.2 Å². The van der Waals surface area contributed by atoms with Gasteiger partial charge in [0.05, 0.1) is 24.2 Å². The fourth-order valence-corrected chi connectivity index (χ4v) is 2.68. The Bertz CT molecular complexity index is 570. The number of ether oxygens (including phenoxy) is 1. The minimum absolute atomic E-state index is 0.0259. The summed E-state index contributed by atoms with van der Waals surface area (Å²) in [5.74, 6) is -0.592. The predicted molar refractivity (Wildman–Crippen MR) is 68.4 cm³/mol. The molecule has 4 N–H and O–H groups in total. The van der Waals surface area contributed by atoms with Gasteiger partial charge in [0, 0.05) is 6.04 Å². The second-order valence-electron chi connectivity index (χ2n) is 3.93. The first-order chi connectivity index (χ1) is 8.81. The van der Waals surface area contributed by atoms with Crippen molar-refractivity contribution in [1.29, 1.82) is 0 Å². The first-order valence-corrected chi connectivity index (χ1v) is 6.91. The lowest BCUT2D eigenvalue weighted by Crippen LogP contribution is -2.35. The van der Waals surface area contributed by atoms with Crippen LogP contribution in [0.2, 0.25) is 0 Å². The molecule has 0 heterocycles. The average molecular weight is 288 g/mol. The Kier molecular flexibility index (Phi) is 4.87. The van der Waals surface area contributed by atoms with Crippen molar-refractivity contribution in [1.82, 2.24) is 4.72 Å². The Morgan fingerprint density at radius 3 is 2.63 bits per heavy atom. The lowest BCUT2D eigenvalue weighted by molar-refractivity contribution is 0.0997. The van der Waals surface area contributed by atoms with Crippen LogP contribution < -0.4 is 15.2 Å². The highest BCUT2D eigenvalue weighted by molar-refractivity contribution is 7.89. The highest BCUT2D eigenvalue weighted by Gasteiger charge is 2.20. The smallest absolute Gasteiger partial charge is 0.252 e. The molecule has 0 aliphatic heterocycles. The molecule has 0 radical (unpaired) electrons. The molecule has 0 aromatic heterocycles. The lowest BCUT2D eigenvalue weighted by atomic mass is 10.2. The van der Waals surface area contributed by atoms with Crippen LogP contribution in [0.3, 0.4) is 0 Å². The summed E-state index contributed by atoms with van der Waals surface area (Å²) in [4.78, 5) is 11.1. The van der Waals surface area contributed by atoms with Crippen molar-refractivity contribution in [2.75, 3.05) is 13.7 Å². The molecule has 1 rings (SSSR count). The van der Waals surface area contributed by atoms with Crippen molar-refractivity contribution in [3.8, 4) is 5.75 Å². The van der Waals surface area contributed by atoms with E-state index in [0.717, 1.165) is 6.07 Å². The molecule has 1 aromatic rings. The van der Waals surface area contributed by atoms with E-state index in [1.54, 1.807) is 0 Å². The number of carbonyl (C=O) groups is 1. The van der Waals surface area contributed by atoms with Gasteiger partial charge in [-0.2, -0.15) is 0 Å². The molecule has 0 unspecified atom stereocenters. The van der Waals surface area contributed by atoms with Gasteiger partial charge in [0.2, 0.25) is 10.0 Å². The van der Waals surface area contributed by atoms with E-state index >= 15 is 0 Å². The van der Waals surface area contributed by atoms with E-state index in [0.29, 0.717) is 0 Å². The Morgan fingerprint density at radius 2 is 2.16 bits per heavy atom. The third kappa shape index (κ3) is 3.66. The molecule has 1 amide bonds. The molecule has 0 fully saturated rings. The molecule has 0 saturated heterocycles. The second kappa shape index (κ2) is 6.00. The van der Waals surface area contributed by atoms with Crippen molar-refractivity contribution in [2.24, 2.45) is 5.73 Å². The van der Waals surface area contributed by atoms with Crippen LogP contribution in [0.5, 0.6) is 5.75 Å². The summed E-state index contributed by atoms with van der Waals surface area (Å²) in [5, 5.41) is 8.85. The number of carbonyl (C=O) groups excluding carboxylic acids is 1. The normalized spacial score (nSPS) is 13.0. The number of aliphatic hydroxyl groups excluding tert-OH is 1. The van der Waals surface area contributed by atoms with Gasteiger partial charge in [-0.15, -0.1) is 0 Å². The van der Waals surface area contributed by atoms with Crippen LogP contribution in [0.25, 0.3) is 0 Å². The lowest BCUT2D eigenvalue weighted by Gasteiger charge is -2.13. The SMILES string of the molecule is COc1ccc(S(=O)(=O)N[C@H](C)CO)cc1C(N)=O. The van der Waals surface area contributed by atoms with Crippen molar-refractivity contribution < 1.29 is 23.1 Å². The second-order valence-corrected chi connectivity index (χ2v) is 5.65. The molecule has 1 aromatic carbocycles. The van der Waals surface area contributed by atoms with Gasteiger partial charge >= 0.3 is 0 Å². The molecule has 106 valence electrons. The summed E-state index contributed by atoms with van der Waals surface area (Å²) in [6, 6.07) is 3.13. The molecular formula is C11H16N2O5S. The number of benzene rings is 1. The number of methoxy groups -OCH3 is 1. The first kappa shape index (κ1) is 15.4. The van der Waals surface area contributed by atoms with Gasteiger partial charge in [-0.3, -0.25) is 4.79 Å². The monoisotopic (exact) mass is 288 g/mol. The van der Waals surface area contributed by atoms with E-state index in [1.165, 1.54) is 26.2 Å². The summed E-state index contributed by atoms with van der Waals surface area (Å²) in [5.41, 5.74) is 5.13. The Morgan fingerprint density at radius 1 is 1.53 bits per heavy atom. The highest BCUT2D eigenvalue weighted by atomic mass is 32.2. The van der Waals surface area contributed by atoms with Crippen molar-refractivity contribution in [3.63, 3.8) is 0 Å². The van der Waals surface area contributed by atoms with Crippen molar-refractivity contribution >= 4 is 15.9 Å². The quantitative estimate of drug-likeness (QED) is 0.649. The van der Waals surface area contributed by atoms with Gasteiger partial charge in [0.1, 0.15) is 5.75 Å². The molecule has 19 heavy (non-hydrogen) atoms. The maximum Gasteiger partial charge on any atom is 0.252 e. The van der Waals surface area contributed by atoms with E-state index in [4.69, 9.17) is 15.6 Å². The first-order valence-electron chi connectivity index (χ1n) is 5.43. The number of aliphatic hydroxyl groups is 1. The number of hydrogen-bond acceptors (Lipinski definition) is 5. The van der Waals surface area contributed by atoms with Gasteiger partial charge < -0.3 is 15.6 Å². The fraction of sp³-hybridized carbons (Fsp3) is 0.364. The molecule has 0 saturated carbocycles. The maximum absolute atomic E-state index is 12.0. The van der Waals surface area contributed by atoms with Gasteiger partial charge in [-0.25, -0.2) is 13.1 Å². The number of nitrogens with one attached hydrogen (secondary N) is 1. The van der Waals surface area contributed by atoms with E-state index in [2.05, 4.69) is 4.72 Å². The van der Waals surface area contributed by atoms with E-state index in [9.17, 15) is 13.2 Å². The molecular weight excluding hydrogens is 272 g/mol. The standard InChI is InChI=1S/C11H16N2O5S/c1-7(6-14)13-19(16,17)8-3-4-10(18-2)9(5-8)11(12)15/h3-5,7,13-14H,6H2,1-2H3,(H2,12,15)/t7-/m1/s1. The topological polar surface area (TPSA) is 119 Å². The predicted octanol–water partition coefficient (Wildman–Crippen LogP) is -0.547. The third-order valence-electron chi connectivity index (χ3n) is 2.38. The van der Waals surface area contributed by atoms with Crippen LogP contribution in [-0.2, 0) is 10.0 Å². The molecule has 0 aliphatic rings. The number of rotatable bonds is 6. The number of amides is 1. The van der Waals surface area contributed by atoms with E-state index in [-0.39, 0.29) is 22.8 Å². The summed E-state index contributed by atoms with van der Waals surface area (Å²) in [6.07, 6.45) is 0. The fourth-order valence-electron chi connectivity index (χ4n) is 1.42. The summed E-state index contributed by atoms with van der Waals surface area (Å²) < 4.78 is 31.1. The largest absolute Gasteiger partial charge is 0.496 e. The van der Waals surface area contributed by atoms with Gasteiger partial charge in [0.15, 0.2) is 0 Å². The van der Waals surface area contributed by atoms with Crippen LogP contribution in [0, 0.1) is 0 Å². The van der Waals surface area contributed by atoms with Crippen LogP contribution in [0.1, 0.15) is 17.3 Å². The Hall–Kier alpha value is -1.64. The maximum atomic E-state index is 12.0. The van der Waals surface area contributed by atoms with E-state index < -0.39 is 22.0 Å². The number of sulfonamides is 1. The zero-order valence-corrected chi connectivity index (χ0v) is 11.4. The Balaban J connectivity index is 3.22. The van der Waals surface area contributed by atoms with Crippen LogP contribution >= 0.6 is 0 Å². The molecule has 0 aliphatic carbocycles. The Labute approximate surface area is 111 Å². The minimum Gasteiger partial charge on any atom is -0.496 e. The molecule has 1 atom stereocenters. The van der Waals surface area contributed by atoms with Gasteiger partial charge in [-0.05, 0) is 25.1 Å². The van der Waals surface area contributed by atoms with Crippen LogP contribution in [0.15, 0.2) is 23.1 Å². The minimum atomic E-state index is -3.83. The summed E-state index contributed by atoms with van der Waals surface area (Å²) >= 11 is 0. The molecule has 0 bridgehead atoms. The summed E-state index contributed by atoms with van der Waals surface area (Å²) in [6.45, 7) is 1.17. The third-order valence-corrected chi connectivity index (χ3v) is 3.96. The van der Waals surface area contributed by atoms with Gasteiger partial charge in [0.25, 0.3) is 5.91 Å². The number of nitrogens with two attached hydrogens (primary N) is 1. The van der Waals surface area contributed by atoms with Gasteiger partial charge in [-0.1, -0.05) is 0 Å². The molecule has 0 spiro atoms.